The number of aliphatic hydroxyl groups excluding tert-OH is 1. The van der Waals surface area contributed by atoms with E-state index in [0.717, 1.165) is 11.1 Å². The molecule has 0 radical (unpaired) electrons. The predicted octanol–water partition coefficient (Wildman–Crippen LogP) is 2.48. The molecular weight excluding hydrogens is 250 g/mol. The lowest BCUT2D eigenvalue weighted by atomic mass is 10.1. The highest BCUT2D eigenvalue weighted by Gasteiger charge is 2.01. The van der Waals surface area contributed by atoms with Gasteiger partial charge in [-0.15, -0.1) is 0 Å². The third kappa shape index (κ3) is 3.62. The fraction of sp³-hybridized carbons (Fsp3) is 0.118. The van der Waals surface area contributed by atoms with Crippen LogP contribution < -0.4 is 4.74 Å². The second kappa shape index (κ2) is 6.99. The van der Waals surface area contributed by atoms with Crippen LogP contribution in [0.1, 0.15) is 16.7 Å². The van der Waals surface area contributed by atoms with Gasteiger partial charge in [-0.25, -0.2) is 0 Å². The van der Waals surface area contributed by atoms with E-state index in [2.05, 4.69) is 17.9 Å². The summed E-state index contributed by atoms with van der Waals surface area (Å²) in [6.45, 7) is 0.199. The molecular formula is C17H13NO2. The Morgan fingerprint density at radius 3 is 2.75 bits per heavy atom. The molecule has 0 fully saturated rings. The molecule has 0 saturated carbocycles. The average molecular weight is 263 g/mol. The molecule has 2 aromatic rings. The van der Waals surface area contributed by atoms with Gasteiger partial charge in [0.15, 0.2) is 0 Å². The van der Waals surface area contributed by atoms with Gasteiger partial charge in [0.25, 0.3) is 0 Å². The van der Waals surface area contributed by atoms with E-state index in [1.54, 1.807) is 18.2 Å². The number of nitrogens with zero attached hydrogens (tertiary/aromatic N) is 1. The zero-order valence-electron chi connectivity index (χ0n) is 10.8. The minimum Gasteiger partial charge on any atom is -0.489 e. The van der Waals surface area contributed by atoms with Gasteiger partial charge < -0.3 is 9.84 Å². The lowest BCUT2D eigenvalue weighted by Gasteiger charge is -2.08. The Balaban J connectivity index is 2.13. The Morgan fingerprint density at radius 2 is 1.95 bits per heavy atom. The normalized spacial score (nSPS) is 9.20. The summed E-state index contributed by atoms with van der Waals surface area (Å²) < 4.78 is 5.67. The molecule has 0 saturated heterocycles. The molecule has 2 rings (SSSR count). The maximum atomic E-state index is 8.84. The summed E-state index contributed by atoms with van der Waals surface area (Å²) in [5.41, 5.74) is 2.34. The molecule has 0 spiro atoms. The van der Waals surface area contributed by atoms with Gasteiger partial charge in [0.05, 0.1) is 11.6 Å². The van der Waals surface area contributed by atoms with Crippen molar-refractivity contribution in [3.8, 4) is 23.7 Å². The average Bonchev–Trinajstić information content (AvgIpc) is 2.52. The number of hydrogen-bond acceptors (Lipinski definition) is 3. The van der Waals surface area contributed by atoms with Gasteiger partial charge in [0, 0.05) is 11.1 Å². The highest BCUT2D eigenvalue weighted by atomic mass is 16.5. The van der Waals surface area contributed by atoms with Crippen molar-refractivity contribution in [1.82, 2.24) is 0 Å². The second-order valence-electron chi connectivity index (χ2n) is 4.05. The van der Waals surface area contributed by atoms with E-state index in [9.17, 15) is 0 Å². The molecule has 2 aromatic carbocycles. The zero-order chi connectivity index (χ0) is 14.2. The first-order chi connectivity index (χ1) is 9.83. The molecule has 0 atom stereocenters. The van der Waals surface area contributed by atoms with Crippen LogP contribution in [0.2, 0.25) is 0 Å². The SMILES string of the molecule is N#Cc1cccc(OCc2ccccc2C#CCO)c1. The molecule has 0 aliphatic heterocycles. The van der Waals surface area contributed by atoms with Crippen LogP contribution >= 0.6 is 0 Å². The predicted molar refractivity (Wildman–Crippen MR) is 75.9 cm³/mol. The quantitative estimate of drug-likeness (QED) is 0.865. The lowest BCUT2D eigenvalue weighted by Crippen LogP contribution is -1.98. The molecule has 3 nitrogen and oxygen atoms in total. The first kappa shape index (κ1) is 13.7. The molecule has 1 N–H and O–H groups in total. The van der Waals surface area contributed by atoms with Crippen molar-refractivity contribution in [3.63, 3.8) is 0 Å². The van der Waals surface area contributed by atoms with Gasteiger partial charge in [0.2, 0.25) is 0 Å². The highest BCUT2D eigenvalue weighted by molar-refractivity contribution is 5.41. The van der Waals surface area contributed by atoms with Crippen LogP contribution in [0.4, 0.5) is 0 Å². The Kier molecular flexibility index (Phi) is 4.78. The number of ether oxygens (including phenoxy) is 1. The van der Waals surface area contributed by atoms with Crippen molar-refractivity contribution in [2.45, 2.75) is 6.61 Å². The van der Waals surface area contributed by atoms with Crippen molar-refractivity contribution < 1.29 is 9.84 Å². The van der Waals surface area contributed by atoms with Crippen molar-refractivity contribution in [1.29, 1.82) is 5.26 Å². The van der Waals surface area contributed by atoms with Crippen molar-refractivity contribution in [2.75, 3.05) is 6.61 Å². The van der Waals surface area contributed by atoms with Gasteiger partial charge in [-0.1, -0.05) is 36.1 Å². The van der Waals surface area contributed by atoms with Crippen LogP contribution in [0.3, 0.4) is 0 Å². The summed E-state index contributed by atoms with van der Waals surface area (Å²) in [6, 6.07) is 16.7. The Morgan fingerprint density at radius 1 is 1.10 bits per heavy atom. The number of hydrogen-bond donors (Lipinski definition) is 1. The van der Waals surface area contributed by atoms with Gasteiger partial charge in [-0.05, 0) is 24.3 Å². The van der Waals surface area contributed by atoms with Crippen LogP contribution in [-0.2, 0) is 6.61 Å². The summed E-state index contributed by atoms with van der Waals surface area (Å²) in [4.78, 5) is 0. The molecule has 98 valence electrons. The molecule has 0 heterocycles. The molecule has 0 bridgehead atoms. The fourth-order valence-corrected chi connectivity index (χ4v) is 1.72. The van der Waals surface area contributed by atoms with Crippen LogP contribution in [0.25, 0.3) is 0 Å². The molecule has 0 amide bonds. The van der Waals surface area contributed by atoms with E-state index in [4.69, 9.17) is 15.1 Å². The number of nitriles is 1. The largest absolute Gasteiger partial charge is 0.489 e. The Bertz CT molecular complexity index is 690. The van der Waals surface area contributed by atoms with Gasteiger partial charge >= 0.3 is 0 Å². The van der Waals surface area contributed by atoms with E-state index in [0.29, 0.717) is 17.9 Å². The first-order valence-corrected chi connectivity index (χ1v) is 6.14. The maximum Gasteiger partial charge on any atom is 0.121 e. The Labute approximate surface area is 118 Å². The van der Waals surface area contributed by atoms with E-state index in [1.165, 1.54) is 0 Å². The summed E-state index contributed by atoms with van der Waals surface area (Å²) >= 11 is 0. The molecule has 0 aromatic heterocycles. The monoisotopic (exact) mass is 263 g/mol. The second-order valence-corrected chi connectivity index (χ2v) is 4.05. The maximum absolute atomic E-state index is 8.84. The van der Waals surface area contributed by atoms with Crippen LogP contribution in [0.15, 0.2) is 48.5 Å². The van der Waals surface area contributed by atoms with Gasteiger partial charge in [0.1, 0.15) is 19.0 Å². The van der Waals surface area contributed by atoms with Crippen molar-refractivity contribution in [2.24, 2.45) is 0 Å². The van der Waals surface area contributed by atoms with Crippen LogP contribution in [-0.4, -0.2) is 11.7 Å². The first-order valence-electron chi connectivity index (χ1n) is 6.14. The van der Waals surface area contributed by atoms with Crippen molar-refractivity contribution >= 4 is 0 Å². The van der Waals surface area contributed by atoms with E-state index >= 15 is 0 Å². The summed E-state index contributed by atoms with van der Waals surface area (Å²) in [7, 11) is 0. The molecule has 20 heavy (non-hydrogen) atoms. The van der Waals surface area contributed by atoms with Crippen LogP contribution in [0, 0.1) is 23.2 Å². The molecule has 0 aliphatic rings. The van der Waals surface area contributed by atoms with E-state index < -0.39 is 0 Å². The lowest BCUT2D eigenvalue weighted by molar-refractivity contribution is 0.306. The number of aliphatic hydroxyl groups is 1. The van der Waals surface area contributed by atoms with Crippen LogP contribution in [0.5, 0.6) is 5.75 Å². The zero-order valence-corrected chi connectivity index (χ0v) is 10.8. The number of rotatable bonds is 3. The summed E-state index contributed by atoms with van der Waals surface area (Å²) in [5, 5.41) is 17.6. The van der Waals surface area contributed by atoms with E-state index in [-0.39, 0.29) is 6.61 Å². The summed E-state index contributed by atoms with van der Waals surface area (Å²) in [5.74, 6) is 6.16. The van der Waals surface area contributed by atoms with Gasteiger partial charge in [-0.3, -0.25) is 0 Å². The summed E-state index contributed by atoms with van der Waals surface area (Å²) in [6.07, 6.45) is 0. The minimum absolute atomic E-state index is 0.167. The molecule has 0 aliphatic carbocycles. The Hall–Kier alpha value is -2.75. The third-order valence-corrected chi connectivity index (χ3v) is 2.68. The molecule has 0 unspecified atom stereocenters. The fourth-order valence-electron chi connectivity index (χ4n) is 1.72. The van der Waals surface area contributed by atoms with E-state index in [1.807, 2.05) is 30.3 Å². The highest BCUT2D eigenvalue weighted by Crippen LogP contribution is 2.16. The topological polar surface area (TPSA) is 53.2 Å². The third-order valence-electron chi connectivity index (χ3n) is 2.68. The van der Waals surface area contributed by atoms with Gasteiger partial charge in [-0.2, -0.15) is 5.26 Å². The standard InChI is InChI=1S/C17H13NO2/c18-12-14-5-3-9-17(11-14)20-13-16-7-2-1-6-15(16)8-4-10-19/h1-3,5-7,9,11,19H,10,13H2. The minimum atomic E-state index is -0.167. The smallest absolute Gasteiger partial charge is 0.121 e. The number of benzene rings is 2. The van der Waals surface area contributed by atoms with Crippen molar-refractivity contribution in [3.05, 3.63) is 65.2 Å². The molecule has 3 heteroatoms.